The maximum Gasteiger partial charge on any atom is 0.187 e. The van der Waals surface area contributed by atoms with Crippen molar-refractivity contribution in [2.24, 2.45) is 17.3 Å². The first-order valence-electron chi connectivity index (χ1n) is 7.15. The van der Waals surface area contributed by atoms with Crippen molar-refractivity contribution >= 4 is 0 Å². The quantitative estimate of drug-likeness (QED) is 0.628. The molecule has 3 nitrogen and oxygen atoms in total. The van der Waals surface area contributed by atoms with E-state index in [0.29, 0.717) is 11.8 Å². The average molecular weight is 266 g/mol. The van der Waals surface area contributed by atoms with Crippen molar-refractivity contribution in [3.05, 3.63) is 23.8 Å². The summed E-state index contributed by atoms with van der Waals surface area (Å²) in [5, 5.41) is 9.70. The molecule has 0 saturated heterocycles. The number of aliphatic hydroxyl groups is 1. The second kappa shape index (κ2) is 5.39. The number of ether oxygens (including phenoxy) is 2. The summed E-state index contributed by atoms with van der Waals surface area (Å²) >= 11 is 0. The van der Waals surface area contributed by atoms with Gasteiger partial charge in [0.2, 0.25) is 0 Å². The van der Waals surface area contributed by atoms with E-state index in [-0.39, 0.29) is 12.0 Å². The Kier molecular flexibility index (Phi) is 4.19. The Morgan fingerprint density at radius 1 is 1.26 bits per heavy atom. The van der Waals surface area contributed by atoms with Gasteiger partial charge < -0.3 is 14.6 Å². The molecule has 2 aliphatic rings. The molecular weight excluding hydrogens is 240 g/mol. The van der Waals surface area contributed by atoms with Gasteiger partial charge in [-0.25, -0.2) is 0 Å². The van der Waals surface area contributed by atoms with Crippen LogP contribution in [0.5, 0.6) is 0 Å². The fraction of sp³-hybridized carbons (Fsp3) is 0.750. The fourth-order valence-corrected chi connectivity index (χ4v) is 3.74. The second-order valence-corrected chi connectivity index (χ2v) is 6.02. The van der Waals surface area contributed by atoms with Crippen molar-refractivity contribution < 1.29 is 14.6 Å². The Balaban J connectivity index is 2.34. The predicted octanol–water partition coefficient (Wildman–Crippen LogP) is 2.91. The van der Waals surface area contributed by atoms with Crippen LogP contribution in [0.2, 0.25) is 0 Å². The minimum atomic E-state index is -0.587. The highest BCUT2D eigenvalue weighted by atomic mass is 16.7. The van der Waals surface area contributed by atoms with Gasteiger partial charge in [-0.3, -0.25) is 0 Å². The molecule has 108 valence electrons. The summed E-state index contributed by atoms with van der Waals surface area (Å²) in [5.41, 5.74) is 1.47. The third kappa shape index (κ3) is 2.28. The van der Waals surface area contributed by atoms with Crippen molar-refractivity contribution in [3.8, 4) is 0 Å². The molecule has 3 heteroatoms. The first-order chi connectivity index (χ1) is 9.03. The van der Waals surface area contributed by atoms with Crippen molar-refractivity contribution in [2.45, 2.75) is 38.9 Å². The van der Waals surface area contributed by atoms with Crippen LogP contribution in [0.15, 0.2) is 23.8 Å². The maximum atomic E-state index is 9.70. The Labute approximate surface area is 116 Å². The van der Waals surface area contributed by atoms with Crippen LogP contribution < -0.4 is 0 Å². The third-order valence-corrected chi connectivity index (χ3v) is 4.94. The Hall–Kier alpha value is -0.640. The van der Waals surface area contributed by atoms with Gasteiger partial charge in [0.25, 0.3) is 0 Å². The minimum absolute atomic E-state index is 0.00345. The summed E-state index contributed by atoms with van der Waals surface area (Å²) in [6.07, 6.45) is 9.37. The number of hydrogen-bond acceptors (Lipinski definition) is 3. The molecule has 0 aromatic carbocycles. The fourth-order valence-electron chi connectivity index (χ4n) is 3.74. The third-order valence-electron chi connectivity index (χ3n) is 4.94. The lowest BCUT2D eigenvalue weighted by molar-refractivity contribution is -0.182. The van der Waals surface area contributed by atoms with Crippen LogP contribution in [0.4, 0.5) is 0 Å². The molecule has 0 aromatic heterocycles. The highest BCUT2D eigenvalue weighted by Crippen LogP contribution is 2.54. The molecule has 0 saturated carbocycles. The molecule has 0 unspecified atom stereocenters. The van der Waals surface area contributed by atoms with Crippen molar-refractivity contribution in [3.63, 3.8) is 0 Å². The number of rotatable bonds is 4. The summed E-state index contributed by atoms with van der Waals surface area (Å²) in [7, 11) is 3.37. The lowest BCUT2D eigenvalue weighted by atomic mass is 9.65. The molecular formula is C16H26O3. The van der Waals surface area contributed by atoms with Gasteiger partial charge in [-0.2, -0.15) is 0 Å². The normalized spacial score (nSPS) is 33.2. The lowest BCUT2D eigenvalue weighted by Crippen LogP contribution is -2.41. The molecule has 1 N–H and O–H groups in total. The minimum Gasteiger partial charge on any atom is -0.396 e. The summed E-state index contributed by atoms with van der Waals surface area (Å²) in [6, 6.07) is 0. The molecule has 2 aliphatic carbocycles. The summed E-state index contributed by atoms with van der Waals surface area (Å²) in [6.45, 7) is 4.70. The Bertz CT molecular complexity index is 379. The van der Waals surface area contributed by atoms with Gasteiger partial charge in [-0.15, -0.1) is 0 Å². The van der Waals surface area contributed by atoms with Gasteiger partial charge in [0.15, 0.2) is 5.79 Å². The zero-order valence-electron chi connectivity index (χ0n) is 12.5. The van der Waals surface area contributed by atoms with E-state index in [0.717, 1.165) is 19.3 Å². The van der Waals surface area contributed by atoms with Crippen LogP contribution in [0, 0.1) is 17.3 Å². The van der Waals surface area contributed by atoms with Gasteiger partial charge in [0, 0.05) is 32.7 Å². The average Bonchev–Trinajstić information content (AvgIpc) is 2.79. The van der Waals surface area contributed by atoms with Crippen LogP contribution in [0.3, 0.4) is 0 Å². The molecule has 1 spiro atoms. The van der Waals surface area contributed by atoms with Gasteiger partial charge in [0.05, 0.1) is 0 Å². The molecule has 0 bridgehead atoms. The lowest BCUT2D eigenvalue weighted by Gasteiger charge is -2.43. The first kappa shape index (κ1) is 14.8. The van der Waals surface area contributed by atoms with Gasteiger partial charge in [0.1, 0.15) is 0 Å². The van der Waals surface area contributed by atoms with E-state index in [1.54, 1.807) is 14.2 Å². The molecule has 19 heavy (non-hydrogen) atoms. The molecule has 0 radical (unpaired) electrons. The van der Waals surface area contributed by atoms with Crippen LogP contribution in [-0.2, 0) is 9.47 Å². The highest BCUT2D eigenvalue weighted by Gasteiger charge is 2.48. The van der Waals surface area contributed by atoms with E-state index in [1.807, 2.05) is 6.08 Å². The SMILES string of the molecule is COC1(OC)C=C[C@@]2(CC1)C(C(C)C)=CC[C@@H]2CO. The van der Waals surface area contributed by atoms with E-state index < -0.39 is 5.79 Å². The number of allylic oxidation sites excluding steroid dienone is 3. The van der Waals surface area contributed by atoms with Crippen LogP contribution in [-0.4, -0.2) is 31.7 Å². The van der Waals surface area contributed by atoms with Crippen molar-refractivity contribution in [1.82, 2.24) is 0 Å². The highest BCUT2D eigenvalue weighted by molar-refractivity contribution is 5.33. The zero-order chi connectivity index (χ0) is 14.1. The van der Waals surface area contributed by atoms with Crippen LogP contribution in [0.25, 0.3) is 0 Å². The van der Waals surface area contributed by atoms with E-state index in [4.69, 9.17) is 9.47 Å². The van der Waals surface area contributed by atoms with Gasteiger partial charge in [-0.1, -0.05) is 31.6 Å². The largest absolute Gasteiger partial charge is 0.396 e. The topological polar surface area (TPSA) is 38.7 Å². The molecule has 2 atom stereocenters. The van der Waals surface area contributed by atoms with E-state index in [1.165, 1.54) is 5.57 Å². The van der Waals surface area contributed by atoms with E-state index in [9.17, 15) is 5.11 Å². The van der Waals surface area contributed by atoms with Crippen molar-refractivity contribution in [1.29, 1.82) is 0 Å². The first-order valence-corrected chi connectivity index (χ1v) is 7.15. The van der Waals surface area contributed by atoms with Gasteiger partial charge >= 0.3 is 0 Å². The smallest absolute Gasteiger partial charge is 0.187 e. The summed E-state index contributed by atoms with van der Waals surface area (Å²) in [4.78, 5) is 0. The van der Waals surface area contributed by atoms with E-state index in [2.05, 4.69) is 26.0 Å². The number of hydrogen-bond donors (Lipinski definition) is 1. The Morgan fingerprint density at radius 2 is 1.95 bits per heavy atom. The van der Waals surface area contributed by atoms with E-state index >= 15 is 0 Å². The molecule has 0 heterocycles. The number of methoxy groups -OCH3 is 2. The molecule has 0 fully saturated rings. The molecule has 0 amide bonds. The van der Waals surface area contributed by atoms with Gasteiger partial charge in [-0.05, 0) is 30.8 Å². The van der Waals surface area contributed by atoms with Crippen LogP contribution >= 0.6 is 0 Å². The van der Waals surface area contributed by atoms with Crippen LogP contribution in [0.1, 0.15) is 33.1 Å². The van der Waals surface area contributed by atoms with Crippen molar-refractivity contribution in [2.75, 3.05) is 20.8 Å². The maximum absolute atomic E-state index is 9.70. The monoisotopic (exact) mass is 266 g/mol. The summed E-state index contributed by atoms with van der Waals surface area (Å²) < 4.78 is 11.0. The summed E-state index contributed by atoms with van der Waals surface area (Å²) in [5.74, 6) is 0.224. The Morgan fingerprint density at radius 3 is 2.37 bits per heavy atom. The predicted molar refractivity (Wildman–Crippen MR) is 75.7 cm³/mol. The number of aliphatic hydroxyl groups excluding tert-OH is 1. The zero-order valence-corrected chi connectivity index (χ0v) is 12.5. The second-order valence-electron chi connectivity index (χ2n) is 6.02. The molecule has 0 aromatic rings. The molecule has 2 rings (SSSR count). The standard InChI is InChI=1S/C16H26O3/c1-12(2)14-6-5-13(11-17)15(14)7-9-16(18-3,19-4)10-8-15/h6-7,9,12-13,17H,5,8,10-11H2,1-4H3/t13-,15+/m1/s1. The molecule has 0 aliphatic heterocycles.